The highest BCUT2D eigenvalue weighted by atomic mass is 16.5. The zero-order valence-electron chi connectivity index (χ0n) is 10.7. The largest absolute Gasteiger partial charge is 0.496 e. The topological polar surface area (TPSA) is 47.6 Å². The molecule has 0 spiro atoms. The minimum atomic E-state index is -0.347. The Hall–Kier alpha value is -1.55. The lowest BCUT2D eigenvalue weighted by molar-refractivity contribution is -0.142. The van der Waals surface area contributed by atoms with Crippen molar-refractivity contribution in [3.05, 3.63) is 29.8 Å². The number of nitrogens with one attached hydrogen (secondary N) is 1. The molecular formula is C13H19NO3. The Kier molecular flexibility index (Phi) is 4.97. The van der Waals surface area contributed by atoms with Crippen LogP contribution in [0.4, 0.5) is 0 Å². The summed E-state index contributed by atoms with van der Waals surface area (Å²) >= 11 is 0. The van der Waals surface area contributed by atoms with Crippen LogP contribution in [0.25, 0.3) is 0 Å². The molecule has 0 amide bonds. The molecule has 1 unspecified atom stereocenters. The molecule has 0 aromatic heterocycles. The minimum Gasteiger partial charge on any atom is -0.496 e. The second-order valence-corrected chi connectivity index (χ2v) is 3.88. The van der Waals surface area contributed by atoms with Crippen molar-refractivity contribution in [2.24, 2.45) is 0 Å². The van der Waals surface area contributed by atoms with Crippen LogP contribution in [0.15, 0.2) is 24.3 Å². The van der Waals surface area contributed by atoms with Gasteiger partial charge in [0, 0.05) is 11.6 Å². The summed E-state index contributed by atoms with van der Waals surface area (Å²) in [7, 11) is 3.02. The van der Waals surface area contributed by atoms with Crippen molar-refractivity contribution in [3.63, 3.8) is 0 Å². The van der Waals surface area contributed by atoms with Gasteiger partial charge in [-0.1, -0.05) is 18.2 Å². The summed E-state index contributed by atoms with van der Waals surface area (Å²) in [4.78, 5) is 11.3. The van der Waals surface area contributed by atoms with Crippen molar-refractivity contribution >= 4 is 5.97 Å². The zero-order valence-corrected chi connectivity index (χ0v) is 10.7. The standard InChI is InChI=1S/C13H19NO3/c1-9(14-10(2)13(15)17-4)11-7-5-6-8-12(11)16-3/h5-10,14H,1-4H3/t9?,10-/m0/s1. The number of carbonyl (C=O) groups excluding carboxylic acids is 1. The number of para-hydroxylation sites is 1. The van der Waals surface area contributed by atoms with Crippen LogP contribution in [-0.2, 0) is 9.53 Å². The number of benzene rings is 1. The number of esters is 1. The van der Waals surface area contributed by atoms with E-state index in [-0.39, 0.29) is 18.1 Å². The molecule has 17 heavy (non-hydrogen) atoms. The molecule has 1 aromatic rings. The van der Waals surface area contributed by atoms with Crippen LogP contribution in [0, 0.1) is 0 Å². The number of ether oxygens (including phenoxy) is 2. The molecule has 0 saturated heterocycles. The maximum Gasteiger partial charge on any atom is 0.322 e. The Morgan fingerprint density at radius 2 is 1.88 bits per heavy atom. The summed E-state index contributed by atoms with van der Waals surface area (Å²) in [5, 5.41) is 3.17. The van der Waals surface area contributed by atoms with E-state index in [1.807, 2.05) is 31.2 Å². The fraction of sp³-hybridized carbons (Fsp3) is 0.462. The molecule has 0 bridgehead atoms. The van der Waals surface area contributed by atoms with Gasteiger partial charge in [0.1, 0.15) is 11.8 Å². The molecule has 4 nitrogen and oxygen atoms in total. The summed E-state index contributed by atoms with van der Waals surface area (Å²) in [6, 6.07) is 7.40. The zero-order chi connectivity index (χ0) is 12.8. The molecule has 0 aliphatic heterocycles. The van der Waals surface area contributed by atoms with Gasteiger partial charge >= 0.3 is 5.97 Å². The fourth-order valence-electron chi connectivity index (χ4n) is 1.73. The minimum absolute atomic E-state index is 0.0141. The number of rotatable bonds is 5. The summed E-state index contributed by atoms with van der Waals surface area (Å²) in [6.07, 6.45) is 0. The van der Waals surface area contributed by atoms with E-state index in [2.05, 4.69) is 10.1 Å². The SMILES string of the molecule is COC(=O)[C@H](C)NC(C)c1ccccc1OC. The van der Waals surface area contributed by atoms with Gasteiger partial charge in [0.2, 0.25) is 0 Å². The maximum absolute atomic E-state index is 11.3. The van der Waals surface area contributed by atoms with Crippen molar-refractivity contribution in [3.8, 4) is 5.75 Å². The monoisotopic (exact) mass is 237 g/mol. The predicted octanol–water partition coefficient (Wildman–Crippen LogP) is 1.91. The summed E-state index contributed by atoms with van der Waals surface area (Å²) in [6.45, 7) is 3.76. The van der Waals surface area contributed by atoms with E-state index >= 15 is 0 Å². The molecule has 4 heteroatoms. The Bertz CT molecular complexity index is 379. The van der Waals surface area contributed by atoms with Gasteiger partial charge < -0.3 is 9.47 Å². The van der Waals surface area contributed by atoms with E-state index in [9.17, 15) is 4.79 Å². The van der Waals surface area contributed by atoms with Crippen LogP contribution >= 0.6 is 0 Å². The summed E-state index contributed by atoms with van der Waals surface area (Å²) in [5.41, 5.74) is 1.02. The van der Waals surface area contributed by atoms with E-state index in [0.29, 0.717) is 0 Å². The van der Waals surface area contributed by atoms with Gasteiger partial charge in [-0.25, -0.2) is 0 Å². The highest BCUT2D eigenvalue weighted by Crippen LogP contribution is 2.24. The maximum atomic E-state index is 11.3. The van der Waals surface area contributed by atoms with Gasteiger partial charge in [0.05, 0.1) is 14.2 Å². The molecule has 0 aliphatic rings. The van der Waals surface area contributed by atoms with Gasteiger partial charge in [-0.3, -0.25) is 10.1 Å². The molecule has 0 radical (unpaired) electrons. The first kappa shape index (κ1) is 13.5. The van der Waals surface area contributed by atoms with Gasteiger partial charge in [0.25, 0.3) is 0 Å². The first-order valence-electron chi connectivity index (χ1n) is 5.57. The highest BCUT2D eigenvalue weighted by Gasteiger charge is 2.18. The molecule has 1 aromatic carbocycles. The Balaban J connectivity index is 2.75. The molecule has 1 N–H and O–H groups in total. The summed E-state index contributed by atoms with van der Waals surface area (Å²) < 4.78 is 9.95. The first-order chi connectivity index (χ1) is 8.10. The van der Waals surface area contributed by atoms with E-state index in [1.165, 1.54) is 7.11 Å². The second-order valence-electron chi connectivity index (χ2n) is 3.88. The van der Waals surface area contributed by atoms with Crippen molar-refractivity contribution in [2.45, 2.75) is 25.9 Å². The number of methoxy groups -OCH3 is 2. The van der Waals surface area contributed by atoms with Crippen molar-refractivity contribution < 1.29 is 14.3 Å². The van der Waals surface area contributed by atoms with E-state index in [1.54, 1.807) is 14.0 Å². The molecular weight excluding hydrogens is 218 g/mol. The smallest absolute Gasteiger partial charge is 0.322 e. The molecule has 1 rings (SSSR count). The lowest BCUT2D eigenvalue weighted by atomic mass is 10.1. The van der Waals surface area contributed by atoms with Crippen LogP contribution in [0.5, 0.6) is 5.75 Å². The van der Waals surface area contributed by atoms with E-state index < -0.39 is 0 Å². The second kappa shape index (κ2) is 6.25. The van der Waals surface area contributed by atoms with E-state index in [0.717, 1.165) is 11.3 Å². The van der Waals surface area contributed by atoms with Crippen LogP contribution in [-0.4, -0.2) is 26.2 Å². The molecule has 0 heterocycles. The third-order valence-corrected chi connectivity index (χ3v) is 2.66. The van der Waals surface area contributed by atoms with Crippen molar-refractivity contribution in [1.82, 2.24) is 5.32 Å². The Morgan fingerprint density at radius 1 is 1.24 bits per heavy atom. The quantitative estimate of drug-likeness (QED) is 0.795. The van der Waals surface area contributed by atoms with Crippen LogP contribution < -0.4 is 10.1 Å². The molecule has 0 saturated carbocycles. The van der Waals surface area contributed by atoms with Crippen LogP contribution in [0.1, 0.15) is 25.5 Å². The first-order valence-corrected chi connectivity index (χ1v) is 5.57. The van der Waals surface area contributed by atoms with Crippen LogP contribution in [0.3, 0.4) is 0 Å². The summed E-state index contributed by atoms with van der Waals surface area (Å²) in [5.74, 6) is 0.538. The fourth-order valence-corrected chi connectivity index (χ4v) is 1.73. The number of carbonyl (C=O) groups is 1. The van der Waals surface area contributed by atoms with Gasteiger partial charge in [0.15, 0.2) is 0 Å². The normalized spacial score (nSPS) is 13.9. The molecule has 0 fully saturated rings. The van der Waals surface area contributed by atoms with E-state index in [4.69, 9.17) is 4.74 Å². The Labute approximate surface area is 102 Å². The lowest BCUT2D eigenvalue weighted by Gasteiger charge is -2.20. The molecule has 0 aliphatic carbocycles. The number of hydrogen-bond acceptors (Lipinski definition) is 4. The average Bonchev–Trinajstić information content (AvgIpc) is 2.37. The van der Waals surface area contributed by atoms with Gasteiger partial charge in [-0.2, -0.15) is 0 Å². The van der Waals surface area contributed by atoms with Crippen molar-refractivity contribution in [1.29, 1.82) is 0 Å². The third-order valence-electron chi connectivity index (χ3n) is 2.66. The van der Waals surface area contributed by atoms with Gasteiger partial charge in [-0.15, -0.1) is 0 Å². The van der Waals surface area contributed by atoms with Crippen molar-refractivity contribution in [2.75, 3.05) is 14.2 Å². The third kappa shape index (κ3) is 3.46. The molecule has 2 atom stereocenters. The lowest BCUT2D eigenvalue weighted by Crippen LogP contribution is -2.36. The van der Waals surface area contributed by atoms with Gasteiger partial charge in [-0.05, 0) is 19.9 Å². The van der Waals surface area contributed by atoms with Crippen LogP contribution in [0.2, 0.25) is 0 Å². The predicted molar refractivity (Wildman–Crippen MR) is 66.0 cm³/mol. The number of hydrogen-bond donors (Lipinski definition) is 1. The molecule has 94 valence electrons. The average molecular weight is 237 g/mol. The highest BCUT2D eigenvalue weighted by molar-refractivity contribution is 5.75. The Morgan fingerprint density at radius 3 is 2.47 bits per heavy atom.